The molecule has 0 spiro atoms. The quantitative estimate of drug-likeness (QED) is 0.816. The third kappa shape index (κ3) is 4.56. The van der Waals surface area contributed by atoms with Crippen LogP contribution >= 0.6 is 12.4 Å². The van der Waals surface area contributed by atoms with Gasteiger partial charge >= 0.3 is 6.36 Å². The fourth-order valence-corrected chi connectivity index (χ4v) is 1.96. The minimum Gasteiger partial charge on any atom is -0.406 e. The molecule has 2 nitrogen and oxygen atoms in total. The fourth-order valence-electron chi connectivity index (χ4n) is 1.96. The molecule has 2 rings (SSSR count). The van der Waals surface area contributed by atoms with Gasteiger partial charge in [0, 0.05) is 5.56 Å². The Bertz CT molecular complexity index is 673. The van der Waals surface area contributed by atoms with Crippen molar-refractivity contribution < 1.29 is 26.7 Å². The van der Waals surface area contributed by atoms with Gasteiger partial charge in [0.2, 0.25) is 0 Å². The first-order valence-corrected chi connectivity index (χ1v) is 6.25. The third-order valence-electron chi connectivity index (χ3n) is 3.11. The van der Waals surface area contributed by atoms with Crippen LogP contribution < -0.4 is 10.5 Å². The largest absolute Gasteiger partial charge is 0.573 e. The molecule has 0 bridgehead atoms. The second kappa shape index (κ2) is 7.14. The van der Waals surface area contributed by atoms with Crippen LogP contribution in [0, 0.1) is 18.6 Å². The summed E-state index contributed by atoms with van der Waals surface area (Å²) < 4.78 is 67.3. The number of benzene rings is 2. The highest BCUT2D eigenvalue weighted by molar-refractivity contribution is 5.85. The molecule has 0 heterocycles. The summed E-state index contributed by atoms with van der Waals surface area (Å²) >= 11 is 0. The van der Waals surface area contributed by atoms with Crippen LogP contribution in [0.3, 0.4) is 0 Å². The lowest BCUT2D eigenvalue weighted by molar-refractivity contribution is -0.274. The summed E-state index contributed by atoms with van der Waals surface area (Å²) in [4.78, 5) is 0. The molecule has 1 atom stereocenters. The number of nitrogens with two attached hydrogens (primary N) is 1. The fraction of sp³-hybridized carbons (Fsp3) is 0.200. The van der Waals surface area contributed by atoms with Crippen molar-refractivity contribution in [2.45, 2.75) is 19.3 Å². The van der Waals surface area contributed by atoms with Crippen LogP contribution in [-0.4, -0.2) is 6.36 Å². The lowest BCUT2D eigenvalue weighted by atomic mass is 9.98. The topological polar surface area (TPSA) is 35.2 Å². The van der Waals surface area contributed by atoms with Gasteiger partial charge in [0.25, 0.3) is 0 Å². The highest BCUT2D eigenvalue weighted by atomic mass is 35.5. The molecule has 2 N–H and O–H groups in total. The third-order valence-corrected chi connectivity index (χ3v) is 3.11. The Balaban J connectivity index is 0.00000264. The van der Waals surface area contributed by atoms with Gasteiger partial charge in [-0.1, -0.05) is 24.3 Å². The average molecular weight is 354 g/mol. The molecular weight excluding hydrogens is 341 g/mol. The zero-order chi connectivity index (χ0) is 16.5. The number of alkyl halides is 3. The molecule has 0 aromatic heterocycles. The van der Waals surface area contributed by atoms with Crippen molar-refractivity contribution in [1.82, 2.24) is 0 Å². The highest BCUT2D eigenvalue weighted by Crippen LogP contribution is 2.28. The normalized spacial score (nSPS) is 12.5. The Morgan fingerprint density at radius 2 is 1.52 bits per heavy atom. The number of aryl methyl sites for hydroxylation is 1. The number of hydrogen-bond acceptors (Lipinski definition) is 2. The first-order valence-electron chi connectivity index (χ1n) is 6.25. The first-order chi connectivity index (χ1) is 10.2. The monoisotopic (exact) mass is 353 g/mol. The molecule has 0 fully saturated rings. The standard InChI is InChI=1S/C15H12F5NO.ClH/c1-8-2-7-11(13(17)12(8)16)14(21)9-3-5-10(6-4-9)22-15(18,19)20;/h2-7,14H,21H2,1H3;1H/t14-;/m1./s1. The number of rotatable bonds is 3. The molecular formula is C15H13ClF5NO. The van der Waals surface area contributed by atoms with E-state index in [1.165, 1.54) is 31.2 Å². The van der Waals surface area contributed by atoms with E-state index in [1.807, 2.05) is 0 Å². The molecule has 2 aromatic carbocycles. The molecule has 126 valence electrons. The average Bonchev–Trinajstić information content (AvgIpc) is 2.43. The first kappa shape index (κ1) is 19.2. The van der Waals surface area contributed by atoms with Crippen LogP contribution in [-0.2, 0) is 0 Å². The van der Waals surface area contributed by atoms with Crippen LogP contribution in [0.2, 0.25) is 0 Å². The van der Waals surface area contributed by atoms with Gasteiger partial charge in [-0.15, -0.1) is 25.6 Å². The van der Waals surface area contributed by atoms with Crippen molar-refractivity contribution in [1.29, 1.82) is 0 Å². The molecule has 8 heteroatoms. The minimum absolute atomic E-state index is 0. The van der Waals surface area contributed by atoms with Crippen molar-refractivity contribution in [2.24, 2.45) is 5.73 Å². The molecule has 0 unspecified atom stereocenters. The van der Waals surface area contributed by atoms with E-state index < -0.39 is 29.8 Å². The molecule has 0 amide bonds. The van der Waals surface area contributed by atoms with Crippen molar-refractivity contribution in [3.05, 3.63) is 64.7 Å². The van der Waals surface area contributed by atoms with E-state index in [4.69, 9.17) is 5.73 Å². The smallest absolute Gasteiger partial charge is 0.406 e. The van der Waals surface area contributed by atoms with Gasteiger partial charge in [0.1, 0.15) is 5.75 Å². The minimum atomic E-state index is -4.80. The van der Waals surface area contributed by atoms with Crippen LogP contribution in [0.25, 0.3) is 0 Å². The van der Waals surface area contributed by atoms with E-state index >= 15 is 0 Å². The summed E-state index contributed by atoms with van der Waals surface area (Å²) in [5, 5.41) is 0. The Morgan fingerprint density at radius 1 is 0.957 bits per heavy atom. The number of hydrogen-bond donors (Lipinski definition) is 1. The molecule has 23 heavy (non-hydrogen) atoms. The predicted molar refractivity (Wildman–Crippen MR) is 77.5 cm³/mol. The number of halogens is 6. The van der Waals surface area contributed by atoms with E-state index in [0.29, 0.717) is 5.56 Å². The second-order valence-electron chi connectivity index (χ2n) is 4.69. The molecule has 0 aliphatic carbocycles. The summed E-state index contributed by atoms with van der Waals surface area (Å²) in [6, 6.07) is 6.38. The van der Waals surface area contributed by atoms with Gasteiger partial charge in [0.05, 0.1) is 6.04 Å². The van der Waals surface area contributed by atoms with E-state index in [2.05, 4.69) is 4.74 Å². The summed E-state index contributed by atoms with van der Waals surface area (Å²) in [7, 11) is 0. The Labute approximate surface area is 135 Å². The number of ether oxygens (including phenoxy) is 1. The van der Waals surface area contributed by atoms with Crippen LogP contribution in [0.5, 0.6) is 5.75 Å². The van der Waals surface area contributed by atoms with Gasteiger partial charge in [-0.2, -0.15) is 0 Å². The van der Waals surface area contributed by atoms with Crippen molar-refractivity contribution >= 4 is 12.4 Å². The molecule has 0 aliphatic rings. The summed E-state index contributed by atoms with van der Waals surface area (Å²) in [5.74, 6) is -2.48. The van der Waals surface area contributed by atoms with E-state index in [1.54, 1.807) is 0 Å². The molecule has 2 aromatic rings. The van der Waals surface area contributed by atoms with E-state index in [9.17, 15) is 22.0 Å². The Kier molecular flexibility index (Phi) is 5.96. The lowest BCUT2D eigenvalue weighted by Gasteiger charge is -2.15. The van der Waals surface area contributed by atoms with Gasteiger partial charge < -0.3 is 10.5 Å². The van der Waals surface area contributed by atoms with Crippen LogP contribution in [0.15, 0.2) is 36.4 Å². The van der Waals surface area contributed by atoms with Gasteiger partial charge in [0.15, 0.2) is 11.6 Å². The molecule has 0 aliphatic heterocycles. The zero-order valence-electron chi connectivity index (χ0n) is 11.8. The molecule has 0 radical (unpaired) electrons. The summed E-state index contributed by atoms with van der Waals surface area (Å²) in [6.45, 7) is 1.41. The molecule has 0 saturated carbocycles. The lowest BCUT2D eigenvalue weighted by Crippen LogP contribution is -2.17. The van der Waals surface area contributed by atoms with Gasteiger partial charge in [-0.25, -0.2) is 8.78 Å². The SMILES string of the molecule is Cc1ccc([C@H](N)c2ccc(OC(F)(F)F)cc2)c(F)c1F.Cl. The Morgan fingerprint density at radius 3 is 2.04 bits per heavy atom. The van der Waals surface area contributed by atoms with Gasteiger partial charge in [-0.3, -0.25) is 0 Å². The maximum absolute atomic E-state index is 13.9. The van der Waals surface area contributed by atoms with Crippen LogP contribution in [0.1, 0.15) is 22.7 Å². The Hall–Kier alpha value is -1.86. The predicted octanol–water partition coefficient (Wildman–Crippen LogP) is 4.64. The van der Waals surface area contributed by atoms with E-state index in [-0.39, 0.29) is 23.5 Å². The highest BCUT2D eigenvalue weighted by Gasteiger charge is 2.31. The van der Waals surface area contributed by atoms with Crippen molar-refractivity contribution in [3.8, 4) is 5.75 Å². The maximum Gasteiger partial charge on any atom is 0.573 e. The van der Waals surface area contributed by atoms with Crippen LogP contribution in [0.4, 0.5) is 22.0 Å². The van der Waals surface area contributed by atoms with Crippen molar-refractivity contribution in [3.63, 3.8) is 0 Å². The van der Waals surface area contributed by atoms with Gasteiger partial charge in [-0.05, 0) is 30.2 Å². The maximum atomic E-state index is 13.9. The molecule has 0 saturated heterocycles. The van der Waals surface area contributed by atoms with Crippen molar-refractivity contribution in [2.75, 3.05) is 0 Å². The zero-order valence-corrected chi connectivity index (χ0v) is 12.6. The summed E-state index contributed by atoms with van der Waals surface area (Å²) in [6.07, 6.45) is -4.80. The summed E-state index contributed by atoms with van der Waals surface area (Å²) in [5.41, 5.74) is 6.24. The van der Waals surface area contributed by atoms with E-state index in [0.717, 1.165) is 12.1 Å². The second-order valence-corrected chi connectivity index (χ2v) is 4.69.